The highest BCUT2D eigenvalue weighted by atomic mass is 28.4. The zero-order valence-corrected chi connectivity index (χ0v) is 37.1. The van der Waals surface area contributed by atoms with Gasteiger partial charge in [-0.15, -0.1) is 0 Å². The number of unbranched alkanes of at least 4 members (excludes halogenated alkanes) is 2. The second-order valence-corrected chi connectivity index (χ2v) is 21.8. The van der Waals surface area contributed by atoms with Crippen LogP contribution in [-0.2, 0) is 34.8 Å². The zero-order valence-electron chi connectivity index (χ0n) is 36.1. The molecule has 0 aromatic heterocycles. The van der Waals surface area contributed by atoms with E-state index < -0.39 is 44.0 Å². The van der Waals surface area contributed by atoms with Crippen LogP contribution in [0.3, 0.4) is 0 Å². The largest absolute Gasteiger partial charge is 0.398 e. The van der Waals surface area contributed by atoms with Crippen molar-refractivity contribution in [3.05, 3.63) is 96.6 Å². The number of ketones is 1. The lowest BCUT2D eigenvalue weighted by atomic mass is 9.86. The minimum Gasteiger partial charge on any atom is -0.398 e. The fraction of sp³-hybridized carbons (Fsp3) is 0.521. The number of carbonyl (C=O) groups is 5. The summed E-state index contributed by atoms with van der Waals surface area (Å²) in [6.45, 7) is 12.8. The molecule has 10 nitrogen and oxygen atoms in total. The third kappa shape index (κ3) is 10.8. The van der Waals surface area contributed by atoms with Crippen LogP contribution >= 0.6 is 0 Å². The van der Waals surface area contributed by atoms with Crippen LogP contribution in [0, 0.1) is 0 Å². The van der Waals surface area contributed by atoms with Gasteiger partial charge in [0.1, 0.15) is 29.8 Å². The number of benzene rings is 3. The quantitative estimate of drug-likeness (QED) is 0.111. The highest BCUT2D eigenvalue weighted by Gasteiger charge is 2.52. The van der Waals surface area contributed by atoms with Crippen LogP contribution in [0.2, 0.25) is 5.04 Å². The Bertz CT molecular complexity index is 1820. The van der Waals surface area contributed by atoms with Crippen molar-refractivity contribution in [2.24, 2.45) is 0 Å². The first kappa shape index (κ1) is 45.5. The van der Waals surface area contributed by atoms with E-state index in [-0.39, 0.29) is 35.0 Å². The number of nitrogens with zero attached hydrogens (tertiary/aromatic N) is 1. The van der Waals surface area contributed by atoms with Crippen LogP contribution in [0.5, 0.6) is 0 Å². The average Bonchev–Trinajstić information content (AvgIpc) is 3.72. The minimum atomic E-state index is -2.91. The van der Waals surface area contributed by atoms with Crippen molar-refractivity contribution in [3.8, 4) is 0 Å². The number of nitrogens with one attached hydrogen (secondary N) is 3. The molecule has 2 aliphatic heterocycles. The highest BCUT2D eigenvalue weighted by Crippen LogP contribution is 2.38. The third-order valence-corrected chi connectivity index (χ3v) is 17.3. The first-order valence-electron chi connectivity index (χ1n) is 21.9. The van der Waals surface area contributed by atoms with Crippen molar-refractivity contribution in [2.75, 3.05) is 6.54 Å². The average molecular weight is 823 g/mol. The maximum absolute atomic E-state index is 14.4. The smallest absolute Gasteiger partial charge is 0.262 e. The molecule has 0 saturated carbocycles. The van der Waals surface area contributed by atoms with Crippen LogP contribution in [-0.4, -0.2) is 78.9 Å². The lowest BCUT2D eigenvalue weighted by molar-refractivity contribution is -0.145. The van der Waals surface area contributed by atoms with Crippen LogP contribution in [0.15, 0.2) is 91.0 Å². The molecule has 2 aliphatic rings. The molecule has 3 aromatic carbocycles. The Balaban J connectivity index is 1.29. The predicted octanol–water partition coefficient (Wildman–Crippen LogP) is 6.14. The van der Waals surface area contributed by atoms with Crippen molar-refractivity contribution in [3.63, 3.8) is 0 Å². The summed E-state index contributed by atoms with van der Waals surface area (Å²) in [7, 11) is -2.91. The highest BCUT2D eigenvalue weighted by molar-refractivity contribution is 6.99. The monoisotopic (exact) mass is 822 g/mol. The molecule has 2 saturated heterocycles. The third-order valence-electron chi connectivity index (χ3n) is 12.1. The molecule has 0 unspecified atom stereocenters. The Kier molecular flexibility index (Phi) is 15.9. The molecule has 11 heteroatoms. The Labute approximate surface area is 352 Å². The summed E-state index contributed by atoms with van der Waals surface area (Å²) in [6, 6.07) is 27.6. The van der Waals surface area contributed by atoms with Crippen LogP contribution < -0.4 is 26.3 Å². The van der Waals surface area contributed by atoms with Crippen LogP contribution in [0.25, 0.3) is 0 Å². The van der Waals surface area contributed by atoms with E-state index in [9.17, 15) is 24.0 Å². The number of hydrogen-bond acceptors (Lipinski definition) is 6. The lowest BCUT2D eigenvalue weighted by Gasteiger charge is -2.44. The normalized spacial score (nSPS) is 20.7. The Morgan fingerprint density at radius 1 is 0.797 bits per heavy atom. The van der Waals surface area contributed by atoms with E-state index in [1.807, 2.05) is 87.5 Å². The number of Topliss-reactive ketones (excluding diaryl/α,β-unsaturated/α-hetero) is 1. The number of carbonyl (C=O) groups excluding carboxylic acids is 5. The summed E-state index contributed by atoms with van der Waals surface area (Å²) in [4.78, 5) is 72.2. The van der Waals surface area contributed by atoms with Crippen molar-refractivity contribution in [1.29, 1.82) is 0 Å². The second-order valence-electron chi connectivity index (χ2n) is 17.5. The molecule has 0 spiro atoms. The summed E-state index contributed by atoms with van der Waals surface area (Å²) < 4.78 is 7.06. The molecular formula is C48H66N4O6Si. The molecule has 0 radical (unpaired) electrons. The van der Waals surface area contributed by atoms with E-state index in [0.29, 0.717) is 77.2 Å². The molecule has 2 fully saturated rings. The van der Waals surface area contributed by atoms with Crippen molar-refractivity contribution in [1.82, 2.24) is 20.9 Å². The number of rotatable bonds is 17. The first-order chi connectivity index (χ1) is 28.3. The first-order valence-corrected chi connectivity index (χ1v) is 23.8. The van der Waals surface area contributed by atoms with Crippen molar-refractivity contribution >= 4 is 48.1 Å². The molecule has 5 rings (SSSR count). The summed E-state index contributed by atoms with van der Waals surface area (Å²) in [5, 5.41) is 11.1. The summed E-state index contributed by atoms with van der Waals surface area (Å²) in [5.74, 6) is -1.40. The van der Waals surface area contributed by atoms with Gasteiger partial charge in [-0.2, -0.15) is 0 Å². The maximum Gasteiger partial charge on any atom is 0.262 e. The number of amides is 4. The molecule has 59 heavy (non-hydrogen) atoms. The van der Waals surface area contributed by atoms with Crippen LogP contribution in [0.4, 0.5) is 0 Å². The molecule has 3 aromatic rings. The molecular weight excluding hydrogens is 757 g/mol. The van der Waals surface area contributed by atoms with Crippen LogP contribution in [0.1, 0.15) is 118 Å². The van der Waals surface area contributed by atoms with Gasteiger partial charge in [-0.05, 0) is 66.4 Å². The molecule has 2 heterocycles. The molecule has 3 N–H and O–H groups in total. The van der Waals surface area contributed by atoms with Gasteiger partial charge in [0.25, 0.3) is 8.32 Å². The summed E-state index contributed by atoms with van der Waals surface area (Å²) in [5.41, 5.74) is -0.363. The summed E-state index contributed by atoms with van der Waals surface area (Å²) in [6.07, 6.45) is 5.26. The van der Waals surface area contributed by atoms with Gasteiger partial charge in [0.05, 0.1) is 0 Å². The fourth-order valence-electron chi connectivity index (χ4n) is 9.15. The standard InChI is InChI=1S/C48H66N4O6Si/c1-7-31-48(32-8-2)46(57)50-40(34-36-22-13-9-14-23-36)45(56)52-33-21-29-41(52)44(55)49-39(43(54)51-48)28-19-12-20-30-42(53)35(3)58-59(47(4,5)6,37-24-15-10-16-25-37)38-26-17-11-18-27-38/h9-11,13-18,22-27,35,39-41H,7-8,12,19-21,28-34H2,1-6H3,(H,49,55)(H,50,57)(H,51,54)/t35-,39+,40+,41-/m1/s1. The minimum absolute atomic E-state index is 0.0292. The molecule has 318 valence electrons. The van der Waals surface area contributed by atoms with Gasteiger partial charge in [0.15, 0.2) is 5.78 Å². The predicted molar refractivity (Wildman–Crippen MR) is 236 cm³/mol. The molecule has 0 aliphatic carbocycles. The Morgan fingerprint density at radius 3 is 1.93 bits per heavy atom. The Hall–Kier alpha value is -4.61. The van der Waals surface area contributed by atoms with Gasteiger partial charge in [-0.25, -0.2) is 0 Å². The number of hydrogen-bond donors (Lipinski definition) is 3. The van der Waals surface area contributed by atoms with E-state index >= 15 is 0 Å². The fourth-order valence-corrected chi connectivity index (χ4v) is 13.8. The van der Waals surface area contributed by atoms with Gasteiger partial charge < -0.3 is 25.3 Å². The van der Waals surface area contributed by atoms with E-state index in [2.05, 4.69) is 61.0 Å². The number of fused-ring (bicyclic) bond motifs is 1. The van der Waals surface area contributed by atoms with Crippen molar-refractivity contribution in [2.45, 2.75) is 153 Å². The molecule has 4 amide bonds. The topological polar surface area (TPSA) is 134 Å². The van der Waals surface area contributed by atoms with E-state index in [0.717, 1.165) is 15.9 Å². The lowest BCUT2D eigenvalue weighted by Crippen LogP contribution is -2.68. The molecule has 0 bridgehead atoms. The van der Waals surface area contributed by atoms with Gasteiger partial charge in [0.2, 0.25) is 23.6 Å². The maximum atomic E-state index is 14.4. The van der Waals surface area contributed by atoms with E-state index in [4.69, 9.17) is 4.43 Å². The van der Waals surface area contributed by atoms with Crippen molar-refractivity contribution < 1.29 is 28.4 Å². The van der Waals surface area contributed by atoms with E-state index in [1.54, 1.807) is 4.90 Å². The van der Waals surface area contributed by atoms with Gasteiger partial charge >= 0.3 is 0 Å². The Morgan fingerprint density at radius 2 is 1.37 bits per heavy atom. The van der Waals surface area contributed by atoms with E-state index in [1.165, 1.54) is 0 Å². The second kappa shape index (κ2) is 20.6. The van der Waals surface area contributed by atoms with Gasteiger partial charge in [-0.1, -0.05) is 151 Å². The van der Waals surface area contributed by atoms with Gasteiger partial charge in [0, 0.05) is 19.4 Å². The summed E-state index contributed by atoms with van der Waals surface area (Å²) >= 11 is 0. The molecule has 4 atom stereocenters. The SMILES string of the molecule is CCCC1(CCC)NC(=O)[C@H](CCCCCC(=O)[C@@H](C)O[Si](c2ccccc2)(c2ccccc2)C(C)(C)C)NC(=O)[C@H]2CCCN2C(=O)[C@H](Cc2ccccc2)NC1=O. The van der Waals surface area contributed by atoms with Gasteiger partial charge in [-0.3, -0.25) is 24.0 Å². The zero-order chi connectivity index (χ0) is 42.6.